The topological polar surface area (TPSA) is 41.9 Å². The molecular formula is C26H41ClN2O2. The Balaban J connectivity index is 2.35. The van der Waals surface area contributed by atoms with Gasteiger partial charge in [0.1, 0.15) is 11.4 Å². The number of hydrogen-bond acceptors (Lipinski definition) is 3. The van der Waals surface area contributed by atoms with Gasteiger partial charge in [-0.1, -0.05) is 45.7 Å². The Morgan fingerprint density at radius 2 is 1.87 bits per heavy atom. The van der Waals surface area contributed by atoms with E-state index in [2.05, 4.69) is 47.6 Å². The van der Waals surface area contributed by atoms with Crippen LogP contribution < -0.4 is 0 Å². The molecule has 0 aromatic heterocycles. The first-order valence-corrected chi connectivity index (χ1v) is 12.1. The summed E-state index contributed by atoms with van der Waals surface area (Å²) in [5.41, 5.74) is 3.28. The number of rotatable bonds is 10. The summed E-state index contributed by atoms with van der Waals surface area (Å²) < 4.78 is 5.29. The van der Waals surface area contributed by atoms with E-state index in [1.807, 2.05) is 24.0 Å². The molecule has 1 aliphatic rings. The average molecular weight is 449 g/mol. The van der Waals surface area contributed by atoms with Crippen molar-refractivity contribution in [2.45, 2.75) is 91.7 Å². The number of aliphatic imine (C=N–C) groups is 1. The molecule has 174 valence electrons. The maximum atomic E-state index is 13.6. The Morgan fingerprint density at radius 1 is 1.19 bits per heavy atom. The van der Waals surface area contributed by atoms with Crippen LogP contribution in [0.2, 0.25) is 0 Å². The normalized spacial score (nSPS) is 21.4. The number of aryl methyl sites for hydroxylation is 1. The van der Waals surface area contributed by atoms with Gasteiger partial charge in [0.25, 0.3) is 5.91 Å². The number of methoxy groups -OCH3 is 1. The lowest BCUT2D eigenvalue weighted by molar-refractivity contribution is -0.130. The molecule has 0 saturated heterocycles. The molecule has 1 aromatic rings. The summed E-state index contributed by atoms with van der Waals surface area (Å²) >= 11 is 6.09. The molecule has 0 radical (unpaired) electrons. The largest absolute Gasteiger partial charge is 0.385 e. The summed E-state index contributed by atoms with van der Waals surface area (Å²) in [5.74, 6) is 1.05. The van der Waals surface area contributed by atoms with Crippen molar-refractivity contribution in [1.82, 2.24) is 4.90 Å². The van der Waals surface area contributed by atoms with Gasteiger partial charge in [-0.25, -0.2) is 0 Å². The van der Waals surface area contributed by atoms with E-state index in [0.717, 1.165) is 42.4 Å². The van der Waals surface area contributed by atoms with Gasteiger partial charge in [-0.15, -0.1) is 11.6 Å². The molecular weight excluding hydrogens is 408 g/mol. The van der Waals surface area contributed by atoms with Gasteiger partial charge in [0.2, 0.25) is 0 Å². The van der Waals surface area contributed by atoms with Crippen LogP contribution in [0.15, 0.2) is 23.2 Å². The lowest BCUT2D eigenvalue weighted by Crippen LogP contribution is -2.50. The minimum atomic E-state index is -0.540. The fourth-order valence-corrected chi connectivity index (χ4v) is 4.54. The van der Waals surface area contributed by atoms with Crippen LogP contribution in [0.4, 0.5) is 0 Å². The minimum absolute atomic E-state index is 0.0149. The van der Waals surface area contributed by atoms with Gasteiger partial charge in [0.15, 0.2) is 0 Å². The maximum absolute atomic E-state index is 13.6. The van der Waals surface area contributed by atoms with E-state index in [4.69, 9.17) is 21.3 Å². The van der Waals surface area contributed by atoms with E-state index in [-0.39, 0.29) is 17.4 Å². The minimum Gasteiger partial charge on any atom is -0.385 e. The third-order valence-corrected chi connectivity index (χ3v) is 7.11. The molecule has 2 rings (SSSR count). The van der Waals surface area contributed by atoms with Crippen LogP contribution in [0.5, 0.6) is 0 Å². The highest BCUT2D eigenvalue weighted by Crippen LogP contribution is 2.36. The predicted molar refractivity (Wildman–Crippen MR) is 131 cm³/mol. The summed E-state index contributed by atoms with van der Waals surface area (Å²) in [6, 6.07) is 6.15. The van der Waals surface area contributed by atoms with E-state index in [1.165, 1.54) is 0 Å². The van der Waals surface area contributed by atoms with Crippen molar-refractivity contribution in [2.24, 2.45) is 16.3 Å². The van der Waals surface area contributed by atoms with Crippen LogP contribution >= 0.6 is 11.6 Å². The molecule has 0 saturated carbocycles. The van der Waals surface area contributed by atoms with E-state index in [1.54, 1.807) is 7.11 Å². The molecule has 0 spiro atoms. The highest BCUT2D eigenvalue weighted by atomic mass is 35.5. The third-order valence-electron chi connectivity index (χ3n) is 6.80. The highest BCUT2D eigenvalue weighted by molar-refractivity contribution is 6.46. The van der Waals surface area contributed by atoms with Crippen LogP contribution in [0, 0.1) is 18.3 Å². The number of halogens is 1. The quantitative estimate of drug-likeness (QED) is 0.391. The SMILES string of the molecule is COCCC(C)N1C(=O)C(c2cc(C)cc(CCl)c2)=NC1(C)CCCC(C)C(C)(C)C. The number of nitrogens with zero attached hydrogens (tertiary/aromatic N) is 2. The molecule has 3 atom stereocenters. The van der Waals surface area contributed by atoms with Gasteiger partial charge in [-0.3, -0.25) is 9.79 Å². The first-order chi connectivity index (χ1) is 14.4. The maximum Gasteiger partial charge on any atom is 0.274 e. The molecule has 1 amide bonds. The predicted octanol–water partition coefficient (Wildman–Crippen LogP) is 6.36. The van der Waals surface area contributed by atoms with Crippen molar-refractivity contribution < 1.29 is 9.53 Å². The van der Waals surface area contributed by atoms with Gasteiger partial charge in [-0.05, 0) is 69.1 Å². The first kappa shape index (κ1) is 25.9. The molecule has 3 unspecified atom stereocenters. The lowest BCUT2D eigenvalue weighted by Gasteiger charge is -2.38. The number of ether oxygens (including phenoxy) is 1. The summed E-state index contributed by atoms with van der Waals surface area (Å²) in [5, 5.41) is 0. The Hall–Kier alpha value is -1.39. The molecule has 4 nitrogen and oxygen atoms in total. The molecule has 0 fully saturated rings. The number of benzene rings is 1. The van der Waals surface area contributed by atoms with Gasteiger partial charge in [-0.2, -0.15) is 0 Å². The molecule has 0 aliphatic carbocycles. The van der Waals surface area contributed by atoms with Crippen LogP contribution in [-0.4, -0.2) is 41.9 Å². The smallest absolute Gasteiger partial charge is 0.274 e. The fraction of sp³-hybridized carbons (Fsp3) is 0.692. The van der Waals surface area contributed by atoms with Crippen molar-refractivity contribution in [3.8, 4) is 0 Å². The van der Waals surface area contributed by atoms with Crippen molar-refractivity contribution >= 4 is 23.2 Å². The Labute approximate surface area is 194 Å². The Kier molecular flexibility index (Phi) is 8.75. The standard InChI is InChI=1S/C26H41ClN2O2/c1-18-14-21(17-27)16-22(15-18)23-24(30)29(20(3)11-13-31-8)26(7,28-23)12-9-10-19(2)25(4,5)6/h14-16,19-20H,9-13,17H2,1-8H3. The van der Waals surface area contributed by atoms with Gasteiger partial charge in [0, 0.05) is 31.2 Å². The van der Waals surface area contributed by atoms with Crippen LogP contribution in [0.25, 0.3) is 0 Å². The molecule has 1 aromatic carbocycles. The van der Waals surface area contributed by atoms with Gasteiger partial charge < -0.3 is 9.64 Å². The van der Waals surface area contributed by atoms with Crippen LogP contribution in [-0.2, 0) is 15.4 Å². The van der Waals surface area contributed by atoms with Crippen LogP contribution in [0.3, 0.4) is 0 Å². The molecule has 31 heavy (non-hydrogen) atoms. The molecule has 1 heterocycles. The number of carbonyl (C=O) groups excluding carboxylic acids is 1. The summed E-state index contributed by atoms with van der Waals surface area (Å²) in [4.78, 5) is 20.7. The van der Waals surface area contributed by atoms with Gasteiger partial charge >= 0.3 is 0 Å². The molecule has 0 N–H and O–H groups in total. The summed E-state index contributed by atoms with van der Waals surface area (Å²) in [6.07, 6.45) is 3.81. The van der Waals surface area contributed by atoms with Gasteiger partial charge in [0.05, 0.1) is 0 Å². The first-order valence-electron chi connectivity index (χ1n) is 11.5. The highest BCUT2D eigenvalue weighted by Gasteiger charge is 2.45. The van der Waals surface area contributed by atoms with E-state index < -0.39 is 5.66 Å². The third kappa shape index (κ3) is 6.32. The second kappa shape index (κ2) is 10.5. The van der Waals surface area contributed by atoms with Crippen molar-refractivity contribution in [1.29, 1.82) is 0 Å². The fourth-order valence-electron chi connectivity index (χ4n) is 4.38. The van der Waals surface area contributed by atoms with Crippen molar-refractivity contribution in [2.75, 3.05) is 13.7 Å². The monoisotopic (exact) mass is 448 g/mol. The molecule has 1 aliphatic heterocycles. The molecule has 5 heteroatoms. The second-order valence-corrected chi connectivity index (χ2v) is 10.8. The number of hydrogen-bond donors (Lipinski definition) is 0. The zero-order chi connectivity index (χ0) is 23.4. The number of amides is 1. The Bertz CT molecular complexity index is 799. The van der Waals surface area contributed by atoms with Crippen molar-refractivity contribution in [3.63, 3.8) is 0 Å². The Morgan fingerprint density at radius 3 is 2.45 bits per heavy atom. The summed E-state index contributed by atoms with van der Waals surface area (Å²) in [6.45, 7) is 16.1. The van der Waals surface area contributed by atoms with E-state index >= 15 is 0 Å². The number of alkyl halides is 1. The van der Waals surface area contributed by atoms with E-state index in [9.17, 15) is 4.79 Å². The summed E-state index contributed by atoms with van der Waals surface area (Å²) in [7, 11) is 1.70. The lowest BCUT2D eigenvalue weighted by atomic mass is 9.79. The average Bonchev–Trinajstić information content (AvgIpc) is 2.95. The number of carbonyl (C=O) groups is 1. The van der Waals surface area contributed by atoms with Crippen LogP contribution in [0.1, 0.15) is 83.9 Å². The zero-order valence-electron chi connectivity index (χ0n) is 20.7. The van der Waals surface area contributed by atoms with E-state index in [0.29, 0.717) is 24.1 Å². The van der Waals surface area contributed by atoms with Crippen molar-refractivity contribution in [3.05, 3.63) is 34.9 Å². The second-order valence-electron chi connectivity index (χ2n) is 10.5. The zero-order valence-corrected chi connectivity index (χ0v) is 21.5. The molecule has 0 bridgehead atoms.